The van der Waals surface area contributed by atoms with Gasteiger partial charge in [-0.05, 0) is 35.7 Å². The molecule has 0 aromatic carbocycles. The quantitative estimate of drug-likeness (QED) is 0.298. The van der Waals surface area contributed by atoms with E-state index in [1.165, 1.54) is 12.0 Å². The third-order valence-electron chi connectivity index (χ3n) is 4.07. The molecule has 0 radical (unpaired) electrons. The van der Waals surface area contributed by atoms with Crippen LogP contribution in [-0.4, -0.2) is 12.6 Å². The van der Waals surface area contributed by atoms with Crippen molar-refractivity contribution in [3.8, 4) is 12.3 Å². The average molecular weight is 204 g/mol. The van der Waals surface area contributed by atoms with Crippen LogP contribution in [0, 0.1) is 29.6 Å². The van der Waals surface area contributed by atoms with Crippen molar-refractivity contribution in [2.45, 2.75) is 26.7 Å². The molecular weight excluding hydrogens is 188 g/mol. The van der Waals surface area contributed by atoms with Gasteiger partial charge < -0.3 is 4.74 Å². The molecule has 0 saturated heterocycles. The van der Waals surface area contributed by atoms with Crippen molar-refractivity contribution in [2.75, 3.05) is 6.61 Å². The van der Waals surface area contributed by atoms with Crippen molar-refractivity contribution >= 4 is 5.97 Å². The Hall–Kier alpha value is -1.23. The molecule has 0 spiro atoms. The Labute approximate surface area is 90.7 Å². The van der Waals surface area contributed by atoms with E-state index in [2.05, 4.69) is 19.9 Å². The van der Waals surface area contributed by atoms with Crippen LogP contribution in [0.2, 0.25) is 0 Å². The fourth-order valence-electron chi connectivity index (χ4n) is 2.83. The van der Waals surface area contributed by atoms with E-state index >= 15 is 0 Å². The molecule has 0 aromatic rings. The summed E-state index contributed by atoms with van der Waals surface area (Å²) < 4.78 is 4.98. The molecule has 0 aromatic heterocycles. The maximum atomic E-state index is 10.8. The lowest BCUT2D eigenvalue weighted by Crippen LogP contribution is -2.48. The highest BCUT2D eigenvalue weighted by Crippen LogP contribution is 2.59. The molecule has 2 nitrogen and oxygen atoms in total. The van der Waals surface area contributed by atoms with Crippen molar-refractivity contribution in [1.82, 2.24) is 0 Å². The first-order chi connectivity index (χ1) is 7.05. The van der Waals surface area contributed by atoms with Gasteiger partial charge in [-0.15, -0.1) is 6.42 Å². The van der Waals surface area contributed by atoms with E-state index in [-0.39, 0.29) is 0 Å². The Morgan fingerprint density at radius 3 is 3.00 bits per heavy atom. The third kappa shape index (κ3) is 1.56. The van der Waals surface area contributed by atoms with Crippen LogP contribution in [0.25, 0.3) is 0 Å². The monoisotopic (exact) mass is 204 g/mol. The van der Waals surface area contributed by atoms with E-state index in [1.54, 1.807) is 0 Å². The lowest BCUT2D eigenvalue weighted by Gasteiger charge is -2.56. The summed E-state index contributed by atoms with van der Waals surface area (Å²) in [6, 6.07) is 0. The molecule has 0 aliphatic heterocycles. The minimum absolute atomic E-state index is 0.379. The molecule has 2 heteroatoms. The van der Waals surface area contributed by atoms with Gasteiger partial charge in [0.05, 0.1) is 0 Å². The number of hydrogen-bond donors (Lipinski definition) is 0. The summed E-state index contributed by atoms with van der Waals surface area (Å²) in [5.41, 5.74) is 1.64. The van der Waals surface area contributed by atoms with Crippen molar-refractivity contribution in [3.05, 3.63) is 11.6 Å². The predicted molar refractivity (Wildman–Crippen MR) is 57.9 cm³/mol. The molecule has 0 amide bonds. The van der Waals surface area contributed by atoms with Crippen molar-refractivity contribution in [3.63, 3.8) is 0 Å². The van der Waals surface area contributed by atoms with E-state index in [1.807, 2.05) is 5.92 Å². The van der Waals surface area contributed by atoms with Gasteiger partial charge in [0.15, 0.2) is 0 Å². The van der Waals surface area contributed by atoms with Crippen LogP contribution in [0.15, 0.2) is 11.6 Å². The average Bonchev–Trinajstić information content (AvgIpc) is 2.25. The van der Waals surface area contributed by atoms with Crippen LogP contribution >= 0.6 is 0 Å². The molecule has 15 heavy (non-hydrogen) atoms. The van der Waals surface area contributed by atoms with Crippen molar-refractivity contribution in [1.29, 1.82) is 0 Å². The molecule has 2 unspecified atom stereocenters. The van der Waals surface area contributed by atoms with Gasteiger partial charge in [0.25, 0.3) is 0 Å². The topological polar surface area (TPSA) is 26.3 Å². The molecule has 0 heterocycles. The summed E-state index contributed by atoms with van der Waals surface area (Å²) in [5.74, 6) is 2.80. The largest absolute Gasteiger partial charge is 0.452 e. The van der Waals surface area contributed by atoms with Gasteiger partial charge in [0.1, 0.15) is 6.61 Å². The predicted octanol–water partition coefficient (Wildman–Crippen LogP) is 2.16. The highest BCUT2D eigenvalue weighted by atomic mass is 16.5. The summed E-state index contributed by atoms with van der Waals surface area (Å²) in [6.45, 7) is 4.97. The van der Waals surface area contributed by atoms with Gasteiger partial charge in [0.2, 0.25) is 0 Å². The molecule has 0 N–H and O–H groups in total. The van der Waals surface area contributed by atoms with Crippen LogP contribution in [0.1, 0.15) is 26.7 Å². The summed E-state index contributed by atoms with van der Waals surface area (Å²) in [7, 11) is 0. The number of ether oxygens (including phenoxy) is 1. The van der Waals surface area contributed by atoms with Crippen molar-refractivity contribution < 1.29 is 9.53 Å². The zero-order valence-corrected chi connectivity index (χ0v) is 9.25. The minimum Gasteiger partial charge on any atom is -0.452 e. The SMILES string of the molecule is C#CC(=O)OCC1=CCC2CC1C2(C)C. The second kappa shape index (κ2) is 3.41. The van der Waals surface area contributed by atoms with Crippen LogP contribution < -0.4 is 0 Å². The lowest BCUT2D eigenvalue weighted by molar-refractivity contribution is -0.136. The maximum Gasteiger partial charge on any atom is 0.384 e. The standard InChI is InChI=1S/C13H16O2/c1-4-12(14)15-8-9-5-6-10-7-11(9)13(10,2)3/h1,5,10-11H,6-8H2,2-3H3. The van der Waals surface area contributed by atoms with Crippen LogP contribution in [0.5, 0.6) is 0 Å². The van der Waals surface area contributed by atoms with Crippen LogP contribution in [0.3, 0.4) is 0 Å². The summed E-state index contributed by atoms with van der Waals surface area (Å²) in [6.07, 6.45) is 9.52. The van der Waals surface area contributed by atoms with E-state index in [4.69, 9.17) is 11.2 Å². The first-order valence-electron chi connectivity index (χ1n) is 5.38. The van der Waals surface area contributed by atoms with E-state index in [9.17, 15) is 4.79 Å². The van der Waals surface area contributed by atoms with E-state index in [0.717, 1.165) is 12.3 Å². The van der Waals surface area contributed by atoms with Gasteiger partial charge >= 0.3 is 5.97 Å². The Kier molecular flexibility index (Phi) is 2.34. The zero-order chi connectivity index (χ0) is 11.1. The fraction of sp³-hybridized carbons (Fsp3) is 0.615. The fourth-order valence-corrected chi connectivity index (χ4v) is 2.83. The normalized spacial score (nSPS) is 30.9. The van der Waals surface area contributed by atoms with Gasteiger partial charge in [-0.3, -0.25) is 0 Å². The number of allylic oxidation sites excluding steroid dienone is 1. The lowest BCUT2D eigenvalue weighted by atomic mass is 9.49. The highest BCUT2D eigenvalue weighted by Gasteiger charge is 2.51. The molecular formula is C13H16O2. The summed E-state index contributed by atoms with van der Waals surface area (Å²) >= 11 is 0. The summed E-state index contributed by atoms with van der Waals surface area (Å²) in [5, 5.41) is 0. The number of hydrogen-bond acceptors (Lipinski definition) is 2. The van der Waals surface area contributed by atoms with Gasteiger partial charge in [0, 0.05) is 5.92 Å². The molecule has 2 atom stereocenters. The van der Waals surface area contributed by atoms with Crippen LogP contribution in [0.4, 0.5) is 0 Å². The van der Waals surface area contributed by atoms with Gasteiger partial charge in [-0.2, -0.15) is 0 Å². The van der Waals surface area contributed by atoms with Crippen molar-refractivity contribution in [2.24, 2.45) is 17.3 Å². The third-order valence-corrected chi connectivity index (χ3v) is 4.07. The van der Waals surface area contributed by atoms with E-state index in [0.29, 0.717) is 17.9 Å². The van der Waals surface area contributed by atoms with Gasteiger partial charge in [-0.1, -0.05) is 19.9 Å². The highest BCUT2D eigenvalue weighted by molar-refractivity contribution is 5.87. The van der Waals surface area contributed by atoms with Crippen LogP contribution in [-0.2, 0) is 9.53 Å². The molecule has 3 aliphatic rings. The smallest absolute Gasteiger partial charge is 0.384 e. The number of rotatable bonds is 2. The number of carbonyl (C=O) groups is 1. The second-order valence-corrected chi connectivity index (χ2v) is 5.04. The Balaban J connectivity index is 1.97. The number of carbonyl (C=O) groups excluding carboxylic acids is 1. The molecule has 80 valence electrons. The van der Waals surface area contributed by atoms with Gasteiger partial charge in [-0.25, -0.2) is 4.79 Å². The number of terminal acetylenes is 1. The molecule has 3 aliphatic carbocycles. The number of esters is 1. The maximum absolute atomic E-state index is 10.8. The Morgan fingerprint density at radius 1 is 1.73 bits per heavy atom. The first-order valence-corrected chi connectivity index (χ1v) is 5.38. The zero-order valence-electron chi connectivity index (χ0n) is 9.25. The Morgan fingerprint density at radius 2 is 2.47 bits per heavy atom. The molecule has 2 bridgehead atoms. The molecule has 1 saturated carbocycles. The first kappa shape index (κ1) is 10.3. The second-order valence-electron chi connectivity index (χ2n) is 5.04. The minimum atomic E-state index is -0.560. The van der Waals surface area contributed by atoms with E-state index < -0.39 is 5.97 Å². The number of fused-ring (bicyclic) bond motifs is 1. The Bertz CT molecular complexity index is 357. The summed E-state index contributed by atoms with van der Waals surface area (Å²) in [4.78, 5) is 10.8. The molecule has 1 fully saturated rings. The molecule has 3 rings (SSSR count).